The molecule has 0 saturated heterocycles. The Hall–Kier alpha value is -1.65. The molecule has 0 fully saturated rings. The van der Waals surface area contributed by atoms with E-state index in [-0.39, 0.29) is 10.8 Å². The van der Waals surface area contributed by atoms with Crippen molar-refractivity contribution in [3.05, 3.63) is 58.6 Å². The summed E-state index contributed by atoms with van der Waals surface area (Å²) in [6.07, 6.45) is 0.592. The molecule has 2 aromatic carbocycles. The minimum Gasteiger partial charge on any atom is -0.453 e. The van der Waals surface area contributed by atoms with Crippen molar-refractivity contribution in [3.8, 4) is 11.5 Å². The molecule has 2 aromatic rings. The highest BCUT2D eigenvalue weighted by Crippen LogP contribution is 2.35. The van der Waals surface area contributed by atoms with Gasteiger partial charge in [0.05, 0.1) is 5.02 Å². The van der Waals surface area contributed by atoms with Gasteiger partial charge in [-0.1, -0.05) is 24.6 Å². The lowest BCUT2D eigenvalue weighted by atomic mass is 10.0. The monoisotopic (exact) mass is 297 g/mol. The van der Waals surface area contributed by atoms with Crippen LogP contribution in [0.4, 0.5) is 8.78 Å². The lowest BCUT2D eigenvalue weighted by Gasteiger charge is -2.15. The summed E-state index contributed by atoms with van der Waals surface area (Å²) in [6, 6.07) is 7.90. The molecular formula is C15H14ClF2NO. The fraction of sp³-hybridized carbons (Fsp3) is 0.200. The first-order valence-electron chi connectivity index (χ1n) is 6.19. The van der Waals surface area contributed by atoms with Crippen LogP contribution in [0.15, 0.2) is 36.4 Å². The van der Waals surface area contributed by atoms with Crippen molar-refractivity contribution in [3.63, 3.8) is 0 Å². The molecule has 0 spiro atoms. The van der Waals surface area contributed by atoms with Crippen molar-refractivity contribution in [2.75, 3.05) is 0 Å². The molecule has 2 nitrogen and oxygen atoms in total. The zero-order chi connectivity index (χ0) is 14.7. The van der Waals surface area contributed by atoms with Gasteiger partial charge < -0.3 is 10.5 Å². The Balaban J connectivity index is 2.37. The summed E-state index contributed by atoms with van der Waals surface area (Å²) < 4.78 is 32.6. The molecule has 20 heavy (non-hydrogen) atoms. The van der Waals surface area contributed by atoms with Gasteiger partial charge in [0.25, 0.3) is 0 Å². The molecule has 5 heteroatoms. The largest absolute Gasteiger partial charge is 0.453 e. The van der Waals surface area contributed by atoms with Gasteiger partial charge in [0.1, 0.15) is 11.6 Å². The second-order valence-corrected chi connectivity index (χ2v) is 4.76. The third-order valence-electron chi connectivity index (χ3n) is 2.95. The highest BCUT2D eigenvalue weighted by Gasteiger charge is 2.18. The minimum atomic E-state index is -0.587. The molecule has 0 aliphatic rings. The molecule has 0 aromatic heterocycles. The quantitative estimate of drug-likeness (QED) is 0.878. The molecule has 0 aliphatic heterocycles. The van der Waals surface area contributed by atoms with Gasteiger partial charge in [0.2, 0.25) is 0 Å². The van der Waals surface area contributed by atoms with Gasteiger partial charge in [0, 0.05) is 11.6 Å². The van der Waals surface area contributed by atoms with Crippen LogP contribution in [0.1, 0.15) is 24.9 Å². The number of hydrogen-bond donors (Lipinski definition) is 1. The van der Waals surface area contributed by atoms with E-state index in [1.807, 2.05) is 6.92 Å². The minimum absolute atomic E-state index is 0.0975. The van der Waals surface area contributed by atoms with Crippen LogP contribution in [-0.2, 0) is 0 Å². The zero-order valence-corrected chi connectivity index (χ0v) is 11.6. The Morgan fingerprint density at radius 1 is 1.15 bits per heavy atom. The van der Waals surface area contributed by atoms with E-state index in [1.165, 1.54) is 30.3 Å². The van der Waals surface area contributed by atoms with Gasteiger partial charge in [-0.3, -0.25) is 0 Å². The number of rotatable bonds is 4. The summed E-state index contributed by atoms with van der Waals surface area (Å²) in [4.78, 5) is 0. The van der Waals surface area contributed by atoms with E-state index >= 15 is 0 Å². The van der Waals surface area contributed by atoms with Crippen molar-refractivity contribution >= 4 is 11.6 Å². The molecule has 2 rings (SSSR count). The van der Waals surface area contributed by atoms with Gasteiger partial charge in [0.15, 0.2) is 11.6 Å². The maximum Gasteiger partial charge on any atom is 0.181 e. The molecule has 1 atom stereocenters. The van der Waals surface area contributed by atoms with Crippen LogP contribution in [0.5, 0.6) is 11.5 Å². The van der Waals surface area contributed by atoms with Gasteiger partial charge in [-0.15, -0.1) is 0 Å². The van der Waals surface area contributed by atoms with Crippen molar-refractivity contribution in [2.24, 2.45) is 5.73 Å². The van der Waals surface area contributed by atoms with E-state index < -0.39 is 17.7 Å². The molecule has 0 unspecified atom stereocenters. The third-order valence-corrected chi connectivity index (χ3v) is 3.25. The van der Waals surface area contributed by atoms with E-state index in [4.69, 9.17) is 22.1 Å². The third kappa shape index (κ3) is 3.08. The first-order valence-corrected chi connectivity index (χ1v) is 6.57. The molecule has 0 aliphatic carbocycles. The smallest absolute Gasteiger partial charge is 0.181 e. The van der Waals surface area contributed by atoms with Crippen LogP contribution in [0.25, 0.3) is 0 Å². The normalized spacial score (nSPS) is 12.2. The Morgan fingerprint density at radius 3 is 2.40 bits per heavy atom. The van der Waals surface area contributed by atoms with Crippen LogP contribution in [0.3, 0.4) is 0 Å². The van der Waals surface area contributed by atoms with E-state index in [1.54, 1.807) is 6.07 Å². The average Bonchev–Trinajstić information content (AvgIpc) is 2.45. The first-order chi connectivity index (χ1) is 9.52. The molecule has 0 bridgehead atoms. The highest BCUT2D eigenvalue weighted by molar-refractivity contribution is 6.32. The lowest BCUT2D eigenvalue weighted by molar-refractivity contribution is 0.433. The van der Waals surface area contributed by atoms with Crippen molar-refractivity contribution < 1.29 is 13.5 Å². The van der Waals surface area contributed by atoms with Gasteiger partial charge >= 0.3 is 0 Å². The van der Waals surface area contributed by atoms with Crippen LogP contribution in [0.2, 0.25) is 5.02 Å². The number of nitrogens with two attached hydrogens (primary N) is 1. The Bertz CT molecular complexity index is 602. The van der Waals surface area contributed by atoms with Crippen LogP contribution in [0, 0.1) is 11.6 Å². The van der Waals surface area contributed by atoms with E-state index in [0.29, 0.717) is 17.7 Å². The van der Waals surface area contributed by atoms with Crippen molar-refractivity contribution in [1.29, 1.82) is 0 Å². The summed E-state index contributed by atoms with van der Waals surface area (Å²) in [6.45, 7) is 1.86. The molecule has 0 saturated carbocycles. The molecular weight excluding hydrogens is 284 g/mol. The van der Waals surface area contributed by atoms with Crippen LogP contribution in [-0.4, -0.2) is 0 Å². The van der Waals surface area contributed by atoms with E-state index in [9.17, 15) is 8.78 Å². The predicted octanol–water partition coefficient (Wildman–Crippen LogP) is 4.82. The zero-order valence-electron chi connectivity index (χ0n) is 10.9. The maximum absolute atomic E-state index is 14.4. The number of benzene rings is 2. The van der Waals surface area contributed by atoms with Crippen molar-refractivity contribution in [2.45, 2.75) is 19.4 Å². The Labute approximate surface area is 121 Å². The number of hydrogen-bond acceptors (Lipinski definition) is 2. The maximum atomic E-state index is 14.4. The second kappa shape index (κ2) is 6.20. The van der Waals surface area contributed by atoms with Crippen LogP contribution >= 0.6 is 11.6 Å². The van der Waals surface area contributed by atoms with E-state index in [2.05, 4.69) is 0 Å². The Kier molecular flexibility index (Phi) is 4.57. The first kappa shape index (κ1) is 14.8. The summed E-state index contributed by atoms with van der Waals surface area (Å²) in [5.41, 5.74) is 6.18. The number of ether oxygens (including phenoxy) is 1. The second-order valence-electron chi connectivity index (χ2n) is 4.35. The summed E-state index contributed by atoms with van der Waals surface area (Å²) in [7, 11) is 0. The molecule has 2 N–H and O–H groups in total. The molecule has 0 radical (unpaired) electrons. The Morgan fingerprint density at radius 2 is 1.80 bits per heavy atom. The summed E-state index contributed by atoms with van der Waals surface area (Å²) >= 11 is 5.95. The van der Waals surface area contributed by atoms with Gasteiger partial charge in [-0.2, -0.15) is 0 Å². The fourth-order valence-electron chi connectivity index (χ4n) is 1.77. The molecule has 0 heterocycles. The fourth-order valence-corrected chi connectivity index (χ4v) is 1.95. The SMILES string of the molecule is CC[C@@H](N)c1ccc(Cl)c(Oc2ccc(F)cc2)c1F. The van der Waals surface area contributed by atoms with Gasteiger partial charge in [-0.25, -0.2) is 8.78 Å². The predicted molar refractivity (Wildman–Crippen MR) is 75.1 cm³/mol. The standard InChI is InChI=1S/C15H14ClF2NO/c1-2-13(19)11-7-8-12(16)15(14(11)18)20-10-5-3-9(17)4-6-10/h3-8,13H,2,19H2,1H3/t13-/m1/s1. The molecule has 0 amide bonds. The average molecular weight is 298 g/mol. The lowest BCUT2D eigenvalue weighted by Crippen LogP contribution is -2.11. The topological polar surface area (TPSA) is 35.2 Å². The van der Waals surface area contributed by atoms with Gasteiger partial charge in [-0.05, 0) is 36.8 Å². The van der Waals surface area contributed by atoms with Crippen LogP contribution < -0.4 is 10.5 Å². The highest BCUT2D eigenvalue weighted by atomic mass is 35.5. The summed E-state index contributed by atoms with van der Waals surface area (Å²) in [5.74, 6) is -0.782. The number of halogens is 3. The van der Waals surface area contributed by atoms with Crippen molar-refractivity contribution in [1.82, 2.24) is 0 Å². The molecule has 106 valence electrons. The van der Waals surface area contributed by atoms with E-state index in [0.717, 1.165) is 0 Å². The summed E-state index contributed by atoms with van der Waals surface area (Å²) in [5, 5.41) is 0.138.